The normalized spacial score (nSPS) is 14.7. The third kappa shape index (κ3) is 4.39. The Hall–Kier alpha value is -2.89. The molecule has 6 heteroatoms. The lowest BCUT2D eigenvalue weighted by atomic mass is 9.99. The monoisotopic (exact) mass is 353 g/mol. The van der Waals surface area contributed by atoms with Crippen LogP contribution in [0.5, 0.6) is 0 Å². The predicted molar refractivity (Wildman–Crippen MR) is 101 cm³/mol. The van der Waals surface area contributed by atoms with Gasteiger partial charge in [-0.15, -0.1) is 0 Å². The largest absolute Gasteiger partial charge is 0.444 e. The number of amides is 1. The second-order valence-corrected chi connectivity index (χ2v) is 7.29. The number of carbonyl (C=O) groups excluding carboxylic acids is 1. The molecular formula is C20H23N3O3. The summed E-state index contributed by atoms with van der Waals surface area (Å²) in [6, 6.07) is 9.67. The second kappa shape index (κ2) is 7.15. The van der Waals surface area contributed by atoms with E-state index in [0.717, 1.165) is 28.8 Å². The molecule has 0 atom stereocenters. The van der Waals surface area contributed by atoms with Crippen molar-refractivity contribution in [3.63, 3.8) is 0 Å². The molecule has 26 heavy (non-hydrogen) atoms. The zero-order valence-corrected chi connectivity index (χ0v) is 15.3. The summed E-state index contributed by atoms with van der Waals surface area (Å²) in [4.78, 5) is 31.7. The van der Waals surface area contributed by atoms with Gasteiger partial charge in [0, 0.05) is 19.3 Å². The Morgan fingerprint density at radius 1 is 1.15 bits per heavy atom. The minimum absolute atomic E-state index is 0.283. The third-order valence-corrected chi connectivity index (χ3v) is 4.04. The van der Waals surface area contributed by atoms with E-state index >= 15 is 0 Å². The van der Waals surface area contributed by atoms with E-state index in [4.69, 9.17) is 4.74 Å². The van der Waals surface area contributed by atoms with Gasteiger partial charge in [0.25, 0.3) is 0 Å². The van der Waals surface area contributed by atoms with Crippen molar-refractivity contribution in [1.29, 1.82) is 0 Å². The van der Waals surface area contributed by atoms with Crippen molar-refractivity contribution in [1.82, 2.24) is 14.9 Å². The van der Waals surface area contributed by atoms with Gasteiger partial charge in [-0.2, -0.15) is 0 Å². The SMILES string of the molecule is CC(C)(C)OC(=O)N1CCC=C(c2ccc(-c3ccnc(=O)[nH]3)cc2)C1. The topological polar surface area (TPSA) is 75.3 Å². The van der Waals surface area contributed by atoms with Crippen LogP contribution < -0.4 is 5.69 Å². The van der Waals surface area contributed by atoms with Gasteiger partial charge < -0.3 is 14.6 Å². The summed E-state index contributed by atoms with van der Waals surface area (Å²) in [6.07, 6.45) is 4.16. The minimum atomic E-state index is -0.498. The number of H-pyrrole nitrogens is 1. The van der Waals surface area contributed by atoms with Crippen LogP contribution in [0, 0.1) is 0 Å². The van der Waals surface area contributed by atoms with Gasteiger partial charge in [0.15, 0.2) is 0 Å². The minimum Gasteiger partial charge on any atom is -0.444 e. The van der Waals surface area contributed by atoms with Crippen molar-refractivity contribution in [2.24, 2.45) is 0 Å². The van der Waals surface area contributed by atoms with Crippen molar-refractivity contribution in [3.05, 3.63) is 58.7 Å². The molecule has 0 bridgehead atoms. The maximum Gasteiger partial charge on any atom is 0.410 e. The summed E-state index contributed by atoms with van der Waals surface area (Å²) in [5.74, 6) is 0. The highest BCUT2D eigenvalue weighted by atomic mass is 16.6. The first kappa shape index (κ1) is 17.9. The second-order valence-electron chi connectivity index (χ2n) is 7.29. The van der Waals surface area contributed by atoms with Crippen molar-refractivity contribution in [2.75, 3.05) is 13.1 Å². The third-order valence-electron chi connectivity index (χ3n) is 4.04. The van der Waals surface area contributed by atoms with E-state index < -0.39 is 5.60 Å². The number of nitrogens with one attached hydrogen (secondary N) is 1. The summed E-state index contributed by atoms with van der Waals surface area (Å²) in [7, 11) is 0. The Morgan fingerprint density at radius 2 is 1.85 bits per heavy atom. The van der Waals surface area contributed by atoms with Crippen molar-refractivity contribution < 1.29 is 9.53 Å². The van der Waals surface area contributed by atoms with Crippen LogP contribution in [0.15, 0.2) is 47.4 Å². The summed E-state index contributed by atoms with van der Waals surface area (Å²) in [5.41, 5.74) is 2.92. The van der Waals surface area contributed by atoms with Gasteiger partial charge in [0.05, 0.1) is 5.69 Å². The Balaban J connectivity index is 1.74. The van der Waals surface area contributed by atoms with E-state index in [1.807, 2.05) is 45.0 Å². The predicted octanol–water partition coefficient (Wildman–Crippen LogP) is 3.46. The molecular weight excluding hydrogens is 330 g/mol. The van der Waals surface area contributed by atoms with E-state index in [1.54, 1.807) is 11.0 Å². The molecule has 6 nitrogen and oxygen atoms in total. The van der Waals surface area contributed by atoms with Crippen molar-refractivity contribution >= 4 is 11.7 Å². The number of hydrogen-bond acceptors (Lipinski definition) is 4. The molecule has 0 spiro atoms. The van der Waals surface area contributed by atoms with Crippen LogP contribution in [0.1, 0.15) is 32.8 Å². The smallest absolute Gasteiger partial charge is 0.410 e. The van der Waals surface area contributed by atoms with Crippen LogP contribution in [-0.2, 0) is 4.74 Å². The average Bonchev–Trinajstić information content (AvgIpc) is 2.60. The van der Waals surface area contributed by atoms with Gasteiger partial charge >= 0.3 is 11.8 Å². The van der Waals surface area contributed by atoms with E-state index in [1.165, 1.54) is 6.20 Å². The molecule has 1 N–H and O–H groups in total. The van der Waals surface area contributed by atoms with E-state index in [-0.39, 0.29) is 11.8 Å². The molecule has 0 radical (unpaired) electrons. The van der Waals surface area contributed by atoms with E-state index in [0.29, 0.717) is 13.1 Å². The number of rotatable bonds is 2. The van der Waals surface area contributed by atoms with Crippen molar-refractivity contribution in [2.45, 2.75) is 32.8 Å². The molecule has 3 rings (SSSR count). The number of nitrogens with zero attached hydrogens (tertiary/aromatic N) is 2. The van der Waals surface area contributed by atoms with Crippen LogP contribution in [0.4, 0.5) is 4.79 Å². The van der Waals surface area contributed by atoms with Gasteiger partial charge in [0.2, 0.25) is 0 Å². The molecule has 2 aromatic rings. The highest BCUT2D eigenvalue weighted by Crippen LogP contribution is 2.24. The van der Waals surface area contributed by atoms with E-state index in [9.17, 15) is 9.59 Å². The molecule has 136 valence electrons. The molecule has 0 saturated heterocycles. The maximum atomic E-state index is 12.3. The lowest BCUT2D eigenvalue weighted by molar-refractivity contribution is 0.0273. The number of carbonyl (C=O) groups is 1. The maximum absolute atomic E-state index is 12.3. The van der Waals surface area contributed by atoms with E-state index in [2.05, 4.69) is 16.0 Å². The fourth-order valence-corrected chi connectivity index (χ4v) is 2.84. The first-order chi connectivity index (χ1) is 12.3. The van der Waals surface area contributed by atoms with Crippen LogP contribution in [0.25, 0.3) is 16.8 Å². The molecule has 1 aliphatic rings. The van der Waals surface area contributed by atoms with Gasteiger partial charge in [-0.05, 0) is 50.0 Å². The lowest BCUT2D eigenvalue weighted by Crippen LogP contribution is -2.39. The molecule has 2 heterocycles. The molecule has 1 aliphatic heterocycles. The first-order valence-corrected chi connectivity index (χ1v) is 8.65. The number of aromatic nitrogens is 2. The number of aromatic amines is 1. The molecule has 0 aliphatic carbocycles. The lowest BCUT2D eigenvalue weighted by Gasteiger charge is -2.30. The van der Waals surface area contributed by atoms with Gasteiger partial charge in [-0.3, -0.25) is 0 Å². The average molecular weight is 353 g/mol. The van der Waals surface area contributed by atoms with Crippen molar-refractivity contribution in [3.8, 4) is 11.3 Å². The molecule has 1 aromatic heterocycles. The fraction of sp³-hybridized carbons (Fsp3) is 0.350. The summed E-state index contributed by atoms with van der Waals surface area (Å²) >= 11 is 0. The van der Waals surface area contributed by atoms with Crippen LogP contribution in [0.3, 0.4) is 0 Å². The van der Waals surface area contributed by atoms with Gasteiger partial charge in [-0.25, -0.2) is 14.6 Å². The zero-order chi connectivity index (χ0) is 18.7. The highest BCUT2D eigenvalue weighted by Gasteiger charge is 2.24. The molecule has 0 fully saturated rings. The molecule has 0 unspecified atom stereocenters. The molecule has 1 aromatic carbocycles. The molecule has 0 saturated carbocycles. The van der Waals surface area contributed by atoms with Crippen LogP contribution in [0.2, 0.25) is 0 Å². The summed E-state index contributed by atoms with van der Waals surface area (Å²) in [6.45, 7) is 6.80. The Bertz CT molecular complexity index is 876. The zero-order valence-electron chi connectivity index (χ0n) is 15.3. The number of ether oxygens (including phenoxy) is 1. The fourth-order valence-electron chi connectivity index (χ4n) is 2.84. The quantitative estimate of drug-likeness (QED) is 0.897. The Morgan fingerprint density at radius 3 is 2.50 bits per heavy atom. The van der Waals surface area contributed by atoms with Gasteiger partial charge in [0.1, 0.15) is 5.60 Å². The van der Waals surface area contributed by atoms with Crippen LogP contribution >= 0.6 is 0 Å². The number of benzene rings is 1. The first-order valence-electron chi connectivity index (χ1n) is 8.65. The summed E-state index contributed by atoms with van der Waals surface area (Å²) < 4.78 is 5.47. The van der Waals surface area contributed by atoms with Crippen LogP contribution in [-0.4, -0.2) is 39.7 Å². The van der Waals surface area contributed by atoms with Gasteiger partial charge in [-0.1, -0.05) is 30.3 Å². The summed E-state index contributed by atoms with van der Waals surface area (Å²) in [5, 5.41) is 0. The standard InChI is InChI=1S/C20H23N3O3/c1-20(2,3)26-19(25)23-12-4-5-16(13-23)14-6-8-15(9-7-14)17-10-11-21-18(24)22-17/h5-11H,4,12-13H2,1-3H3,(H,21,22,24). The number of hydrogen-bond donors (Lipinski definition) is 1. The molecule has 1 amide bonds. The highest BCUT2D eigenvalue weighted by molar-refractivity contribution is 5.76. The Kier molecular flexibility index (Phi) is 4.93. The Labute approximate surface area is 152 Å².